The summed E-state index contributed by atoms with van der Waals surface area (Å²) in [5.74, 6) is -0.237. The summed E-state index contributed by atoms with van der Waals surface area (Å²) in [4.78, 5) is 50.9. The molecule has 2 fully saturated rings. The van der Waals surface area contributed by atoms with Gasteiger partial charge in [0.15, 0.2) is 5.82 Å². The number of aliphatic carboxylic acids is 1. The summed E-state index contributed by atoms with van der Waals surface area (Å²) in [6.45, 7) is 6.10. The summed E-state index contributed by atoms with van der Waals surface area (Å²) in [5, 5.41) is 15.8. The van der Waals surface area contributed by atoms with E-state index in [1.807, 2.05) is 32.9 Å². The van der Waals surface area contributed by atoms with Crippen molar-refractivity contribution >= 4 is 47.0 Å². The summed E-state index contributed by atoms with van der Waals surface area (Å²) in [7, 11) is 1.75. The van der Waals surface area contributed by atoms with Crippen LogP contribution in [0.4, 0.5) is 27.5 Å². The number of nitrogens with zero attached hydrogens (tertiary/aromatic N) is 4. The van der Waals surface area contributed by atoms with Crippen molar-refractivity contribution in [1.82, 2.24) is 15.3 Å². The standard InChI is InChI=1S/C37H51FN6O4/c1-5-29-35(46)43(4)30-22-39-37(42-34(30)44(29)26-16-11-12-17-26)40-28-20-19-24(21-27(28)38)13-7-6-8-18-31(45)41-33(36(47)48)32(23(2)3)25-14-9-10-15-25/h7,13,19-23,25-26,29,32-33H,5-6,8-12,14-18H2,1-4H3,(H,41,45)(H,47,48)(H,39,40,42)/b13-7+/t29-,32?,33+/m0/s1. The number of benzene rings is 1. The van der Waals surface area contributed by atoms with Gasteiger partial charge in [-0.15, -0.1) is 0 Å². The van der Waals surface area contributed by atoms with Crippen LogP contribution in [0.2, 0.25) is 0 Å². The number of nitrogens with one attached hydrogen (secondary N) is 2. The Morgan fingerprint density at radius 3 is 2.48 bits per heavy atom. The van der Waals surface area contributed by atoms with Crippen LogP contribution in [0.3, 0.4) is 0 Å². The Labute approximate surface area is 283 Å². The highest BCUT2D eigenvalue weighted by Gasteiger charge is 2.41. The molecule has 5 rings (SSSR count). The van der Waals surface area contributed by atoms with Gasteiger partial charge in [-0.25, -0.2) is 14.2 Å². The number of allylic oxidation sites excluding steroid dienone is 1. The number of carbonyl (C=O) groups is 3. The Morgan fingerprint density at radius 2 is 1.83 bits per heavy atom. The molecular formula is C37H51FN6O4. The second-order valence-electron chi connectivity index (χ2n) is 14.0. The number of carboxylic acids is 1. The fourth-order valence-corrected chi connectivity index (χ4v) is 8.01. The van der Waals surface area contributed by atoms with Crippen LogP contribution in [-0.4, -0.2) is 58.0 Å². The first-order chi connectivity index (χ1) is 23.1. The third kappa shape index (κ3) is 7.98. The molecule has 2 aliphatic carbocycles. The molecule has 3 atom stereocenters. The molecule has 2 saturated carbocycles. The zero-order chi connectivity index (χ0) is 34.4. The van der Waals surface area contributed by atoms with Gasteiger partial charge in [0.1, 0.15) is 23.6 Å². The van der Waals surface area contributed by atoms with Crippen molar-refractivity contribution in [3.05, 3.63) is 41.9 Å². The minimum Gasteiger partial charge on any atom is -0.480 e. The number of likely N-dealkylation sites (N-methyl/N-ethyl adjacent to an activating group) is 1. The Kier molecular flexibility index (Phi) is 11.7. The van der Waals surface area contributed by atoms with Crippen LogP contribution in [0.5, 0.6) is 0 Å². The van der Waals surface area contributed by atoms with E-state index in [4.69, 9.17) is 4.98 Å². The fraction of sp³-hybridized carbons (Fsp3) is 0.595. The number of unbranched alkanes of at least 4 members (excludes halogenated alkanes) is 1. The first-order valence-corrected chi connectivity index (χ1v) is 17.8. The van der Waals surface area contributed by atoms with Gasteiger partial charge in [-0.05, 0) is 67.6 Å². The van der Waals surface area contributed by atoms with Crippen molar-refractivity contribution < 1.29 is 23.9 Å². The van der Waals surface area contributed by atoms with Crippen LogP contribution in [-0.2, 0) is 14.4 Å². The largest absolute Gasteiger partial charge is 0.480 e. The lowest BCUT2D eigenvalue weighted by Gasteiger charge is -2.43. The van der Waals surface area contributed by atoms with Crippen molar-refractivity contribution in [2.45, 2.75) is 116 Å². The molecule has 0 bridgehead atoms. The number of fused-ring (bicyclic) bond motifs is 1. The number of carboxylic acid groups (broad SMARTS) is 1. The Bertz CT molecular complexity index is 1490. The monoisotopic (exact) mass is 662 g/mol. The first-order valence-electron chi connectivity index (χ1n) is 17.8. The molecule has 48 heavy (non-hydrogen) atoms. The molecule has 10 nitrogen and oxygen atoms in total. The summed E-state index contributed by atoms with van der Waals surface area (Å²) in [6.07, 6.45) is 15.9. The zero-order valence-corrected chi connectivity index (χ0v) is 28.8. The first kappa shape index (κ1) is 35.3. The molecule has 0 spiro atoms. The van der Waals surface area contributed by atoms with Crippen molar-refractivity contribution in [2.75, 3.05) is 22.2 Å². The minimum absolute atomic E-state index is 0.0420. The van der Waals surface area contributed by atoms with Gasteiger partial charge in [-0.1, -0.05) is 77.5 Å². The summed E-state index contributed by atoms with van der Waals surface area (Å²) in [6, 6.07) is 3.96. The van der Waals surface area contributed by atoms with Crippen molar-refractivity contribution in [3.63, 3.8) is 0 Å². The number of rotatable bonds is 14. The number of amides is 2. The lowest BCUT2D eigenvalue weighted by Crippen LogP contribution is -2.55. The van der Waals surface area contributed by atoms with E-state index in [9.17, 15) is 19.5 Å². The van der Waals surface area contributed by atoms with Crippen LogP contribution >= 0.6 is 0 Å². The average molecular weight is 663 g/mol. The molecule has 0 radical (unpaired) electrons. The van der Waals surface area contributed by atoms with Gasteiger partial charge in [0.25, 0.3) is 0 Å². The molecule has 3 aliphatic rings. The molecule has 260 valence electrons. The molecule has 2 heterocycles. The van der Waals surface area contributed by atoms with Crippen LogP contribution in [0, 0.1) is 23.6 Å². The maximum Gasteiger partial charge on any atom is 0.326 e. The Balaban J connectivity index is 1.17. The lowest BCUT2D eigenvalue weighted by molar-refractivity contribution is -0.145. The molecule has 2 aromatic rings. The van der Waals surface area contributed by atoms with E-state index in [1.54, 1.807) is 30.3 Å². The van der Waals surface area contributed by atoms with Crippen LogP contribution in [0.25, 0.3) is 6.08 Å². The van der Waals surface area contributed by atoms with Gasteiger partial charge in [-0.3, -0.25) is 9.59 Å². The molecule has 0 saturated heterocycles. The van der Waals surface area contributed by atoms with Crippen molar-refractivity contribution in [3.8, 4) is 0 Å². The van der Waals surface area contributed by atoms with Crippen molar-refractivity contribution in [1.29, 1.82) is 0 Å². The normalized spacial score (nSPS) is 20.0. The molecule has 1 aromatic carbocycles. The van der Waals surface area contributed by atoms with Gasteiger partial charge in [0.2, 0.25) is 17.8 Å². The van der Waals surface area contributed by atoms with Gasteiger partial charge >= 0.3 is 5.97 Å². The molecule has 11 heteroatoms. The number of anilines is 4. The number of hydrogen-bond acceptors (Lipinski definition) is 7. The summed E-state index contributed by atoms with van der Waals surface area (Å²) in [5.41, 5.74) is 1.58. The predicted octanol–water partition coefficient (Wildman–Crippen LogP) is 7.08. The van der Waals surface area contributed by atoms with Crippen LogP contribution in [0.15, 0.2) is 30.5 Å². The highest BCUT2D eigenvalue weighted by molar-refractivity contribution is 6.04. The molecular weight excluding hydrogens is 611 g/mol. The molecule has 1 aromatic heterocycles. The van der Waals surface area contributed by atoms with Gasteiger partial charge in [-0.2, -0.15) is 4.98 Å². The fourth-order valence-electron chi connectivity index (χ4n) is 8.01. The van der Waals surface area contributed by atoms with Crippen LogP contribution in [0.1, 0.15) is 103 Å². The predicted molar refractivity (Wildman–Crippen MR) is 187 cm³/mol. The second kappa shape index (κ2) is 15.9. The third-order valence-electron chi connectivity index (χ3n) is 10.4. The topological polar surface area (TPSA) is 128 Å². The maximum absolute atomic E-state index is 15.2. The number of hydrogen-bond donors (Lipinski definition) is 3. The van der Waals surface area contributed by atoms with Gasteiger partial charge in [0, 0.05) is 19.5 Å². The maximum atomic E-state index is 15.2. The molecule has 2 amide bonds. The minimum atomic E-state index is -0.965. The SMILES string of the molecule is CC[C@H]1C(=O)N(C)c2cnc(Nc3ccc(/C=C/CCCC(=O)N[C@@H](C(=O)O)C(C(C)C)C4CCCC4)cc3F)nc2N1C1CCCC1. The molecule has 1 unspecified atom stereocenters. The van der Waals surface area contributed by atoms with E-state index in [1.165, 1.54) is 6.07 Å². The molecule has 3 N–H and O–H groups in total. The Hall–Kier alpha value is -4.02. The summed E-state index contributed by atoms with van der Waals surface area (Å²) < 4.78 is 15.2. The van der Waals surface area contributed by atoms with E-state index in [0.29, 0.717) is 42.2 Å². The number of carbonyl (C=O) groups excluding carboxylic acids is 2. The summed E-state index contributed by atoms with van der Waals surface area (Å²) >= 11 is 0. The van der Waals surface area contributed by atoms with E-state index >= 15 is 4.39 Å². The lowest BCUT2D eigenvalue weighted by atomic mass is 9.77. The quantitative estimate of drug-likeness (QED) is 0.183. The molecule has 1 aliphatic heterocycles. The van der Waals surface area contributed by atoms with Gasteiger partial charge < -0.3 is 25.5 Å². The number of halogens is 1. The van der Waals surface area contributed by atoms with E-state index in [2.05, 4.69) is 20.5 Å². The van der Waals surface area contributed by atoms with Gasteiger partial charge in [0.05, 0.1) is 11.9 Å². The Morgan fingerprint density at radius 1 is 1.12 bits per heavy atom. The third-order valence-corrected chi connectivity index (χ3v) is 10.4. The van der Waals surface area contributed by atoms with E-state index < -0.39 is 17.8 Å². The zero-order valence-electron chi connectivity index (χ0n) is 28.8. The average Bonchev–Trinajstić information content (AvgIpc) is 3.79. The van der Waals surface area contributed by atoms with Crippen molar-refractivity contribution in [2.24, 2.45) is 17.8 Å². The number of aromatic nitrogens is 2. The smallest absolute Gasteiger partial charge is 0.326 e. The highest BCUT2D eigenvalue weighted by atomic mass is 19.1. The second-order valence-corrected chi connectivity index (χ2v) is 14.0. The van der Waals surface area contributed by atoms with E-state index in [-0.39, 0.29) is 53.8 Å². The van der Waals surface area contributed by atoms with E-state index in [0.717, 1.165) is 51.4 Å². The van der Waals surface area contributed by atoms with Crippen LogP contribution < -0.4 is 20.4 Å². The highest BCUT2D eigenvalue weighted by Crippen LogP contribution is 2.40.